The number of rotatable bonds is 1. The quantitative estimate of drug-likeness (QED) is 0.763. The molecule has 19 heavy (non-hydrogen) atoms. The average Bonchev–Trinajstić information content (AvgIpc) is 2.28. The molecule has 1 saturated heterocycles. The first-order valence-electron chi connectivity index (χ1n) is 6.76. The minimum atomic E-state index is 0.226. The van der Waals surface area contributed by atoms with Gasteiger partial charge in [0.05, 0.1) is 10.7 Å². The van der Waals surface area contributed by atoms with E-state index in [0.717, 1.165) is 30.3 Å². The molecule has 0 bridgehead atoms. The molecule has 2 nitrogen and oxygen atoms in total. The Labute approximate surface area is 126 Å². The summed E-state index contributed by atoms with van der Waals surface area (Å²) in [5.41, 5.74) is 1.32. The third kappa shape index (κ3) is 3.36. The number of benzene rings is 1. The molecule has 0 radical (unpaired) electrons. The van der Waals surface area contributed by atoms with Gasteiger partial charge in [-0.3, -0.25) is 4.90 Å². The molecule has 1 aromatic rings. The molecule has 0 saturated carbocycles. The monoisotopic (exact) mass is 300 g/mol. The molecule has 1 fully saturated rings. The summed E-state index contributed by atoms with van der Waals surface area (Å²) in [6.07, 6.45) is 0. The van der Waals surface area contributed by atoms with Gasteiger partial charge in [-0.15, -0.1) is 0 Å². The van der Waals surface area contributed by atoms with Crippen LogP contribution in [0.15, 0.2) is 18.2 Å². The zero-order chi connectivity index (χ0) is 14.2. The van der Waals surface area contributed by atoms with Crippen LogP contribution >= 0.6 is 23.2 Å². The summed E-state index contributed by atoms with van der Waals surface area (Å²) < 4.78 is 0. The molecule has 0 amide bonds. The minimum Gasteiger partial charge on any atom is -0.365 e. The lowest BCUT2D eigenvalue weighted by Crippen LogP contribution is -2.57. The van der Waals surface area contributed by atoms with Crippen molar-refractivity contribution in [1.82, 2.24) is 4.90 Å². The number of nitrogens with zero attached hydrogens (tertiary/aromatic N) is 2. The molecule has 1 heterocycles. The maximum absolute atomic E-state index is 6.31. The number of hydrogen-bond acceptors (Lipinski definition) is 2. The fourth-order valence-corrected chi connectivity index (χ4v) is 3.16. The fraction of sp³-hybridized carbons (Fsp3) is 0.600. The van der Waals surface area contributed by atoms with Gasteiger partial charge in [-0.2, -0.15) is 0 Å². The van der Waals surface area contributed by atoms with Crippen LogP contribution < -0.4 is 4.90 Å². The predicted octanol–water partition coefficient (Wildman–Crippen LogP) is 4.30. The van der Waals surface area contributed by atoms with Gasteiger partial charge in [0.15, 0.2) is 0 Å². The molecule has 0 N–H and O–H groups in total. The topological polar surface area (TPSA) is 6.48 Å². The van der Waals surface area contributed by atoms with Crippen molar-refractivity contribution >= 4 is 28.9 Å². The molecular formula is C15H22Cl2N2. The Morgan fingerprint density at radius 3 is 2.37 bits per heavy atom. The van der Waals surface area contributed by atoms with Crippen LogP contribution in [-0.4, -0.2) is 36.1 Å². The smallest absolute Gasteiger partial charge is 0.0654 e. The SMILES string of the molecule is CC1CN(C(C)(C)C)CCN1c1ccc(Cl)cc1Cl. The highest BCUT2D eigenvalue weighted by molar-refractivity contribution is 6.36. The van der Waals surface area contributed by atoms with Crippen molar-refractivity contribution < 1.29 is 0 Å². The normalized spacial score (nSPS) is 21.8. The largest absolute Gasteiger partial charge is 0.365 e. The number of piperazine rings is 1. The van der Waals surface area contributed by atoms with E-state index in [2.05, 4.69) is 37.5 Å². The van der Waals surface area contributed by atoms with Crippen molar-refractivity contribution in [3.8, 4) is 0 Å². The van der Waals surface area contributed by atoms with E-state index in [9.17, 15) is 0 Å². The number of anilines is 1. The average molecular weight is 301 g/mol. The Morgan fingerprint density at radius 1 is 1.16 bits per heavy atom. The van der Waals surface area contributed by atoms with Gasteiger partial charge >= 0.3 is 0 Å². The van der Waals surface area contributed by atoms with Crippen molar-refractivity contribution in [2.24, 2.45) is 0 Å². The molecule has 1 aliphatic rings. The van der Waals surface area contributed by atoms with Crippen molar-refractivity contribution in [3.63, 3.8) is 0 Å². The summed E-state index contributed by atoms with van der Waals surface area (Å²) in [4.78, 5) is 4.90. The second kappa shape index (κ2) is 5.51. The third-order valence-corrected chi connectivity index (χ3v) is 4.33. The summed E-state index contributed by atoms with van der Waals surface area (Å²) in [5.74, 6) is 0. The van der Waals surface area contributed by atoms with Gasteiger partial charge in [0, 0.05) is 36.2 Å². The van der Waals surface area contributed by atoms with Crippen molar-refractivity contribution in [2.45, 2.75) is 39.3 Å². The summed E-state index contributed by atoms with van der Waals surface area (Å²) in [6.45, 7) is 12.2. The maximum atomic E-state index is 6.31. The van der Waals surface area contributed by atoms with Gasteiger partial charge in [-0.1, -0.05) is 23.2 Å². The van der Waals surface area contributed by atoms with Gasteiger partial charge in [-0.05, 0) is 45.9 Å². The first-order chi connectivity index (χ1) is 8.79. The fourth-order valence-electron chi connectivity index (χ4n) is 2.64. The van der Waals surface area contributed by atoms with E-state index in [1.807, 2.05) is 18.2 Å². The van der Waals surface area contributed by atoms with E-state index in [0.29, 0.717) is 11.1 Å². The molecule has 1 atom stereocenters. The number of hydrogen-bond donors (Lipinski definition) is 0. The number of halogens is 2. The summed E-state index contributed by atoms with van der Waals surface area (Å²) in [5, 5.41) is 1.43. The van der Waals surface area contributed by atoms with E-state index in [1.54, 1.807) is 0 Å². The third-order valence-electron chi connectivity index (χ3n) is 3.80. The van der Waals surface area contributed by atoms with Crippen LogP contribution in [0.5, 0.6) is 0 Å². The van der Waals surface area contributed by atoms with Gasteiger partial charge in [0.25, 0.3) is 0 Å². The van der Waals surface area contributed by atoms with Crippen LogP contribution in [0.25, 0.3) is 0 Å². The molecule has 2 rings (SSSR count). The van der Waals surface area contributed by atoms with Crippen molar-refractivity contribution in [2.75, 3.05) is 24.5 Å². The molecule has 106 valence electrons. The first-order valence-corrected chi connectivity index (χ1v) is 7.51. The summed E-state index contributed by atoms with van der Waals surface area (Å²) >= 11 is 12.3. The minimum absolute atomic E-state index is 0.226. The van der Waals surface area contributed by atoms with Crippen LogP contribution in [0.2, 0.25) is 10.0 Å². The zero-order valence-electron chi connectivity index (χ0n) is 12.1. The molecule has 0 aromatic heterocycles. The Bertz CT molecular complexity index is 454. The highest BCUT2D eigenvalue weighted by Gasteiger charge is 2.30. The molecule has 0 spiro atoms. The Balaban J connectivity index is 2.16. The molecule has 0 aliphatic carbocycles. The van der Waals surface area contributed by atoms with E-state index < -0.39 is 0 Å². The van der Waals surface area contributed by atoms with Crippen LogP contribution in [0.1, 0.15) is 27.7 Å². The standard InChI is InChI=1S/C15H22Cl2N2/c1-11-10-18(15(2,3)4)7-8-19(11)14-6-5-12(16)9-13(14)17/h5-6,9,11H,7-8,10H2,1-4H3. The van der Waals surface area contributed by atoms with Crippen molar-refractivity contribution in [1.29, 1.82) is 0 Å². The lowest BCUT2D eigenvalue weighted by Gasteiger charge is -2.46. The lowest BCUT2D eigenvalue weighted by molar-refractivity contribution is 0.112. The predicted molar refractivity (Wildman–Crippen MR) is 84.6 cm³/mol. The highest BCUT2D eigenvalue weighted by Crippen LogP contribution is 2.32. The van der Waals surface area contributed by atoms with Gasteiger partial charge in [0.1, 0.15) is 0 Å². The molecule has 1 unspecified atom stereocenters. The van der Waals surface area contributed by atoms with Gasteiger partial charge < -0.3 is 4.90 Å². The van der Waals surface area contributed by atoms with E-state index in [-0.39, 0.29) is 5.54 Å². The molecule has 4 heteroatoms. The first kappa shape index (κ1) is 15.0. The zero-order valence-corrected chi connectivity index (χ0v) is 13.6. The highest BCUT2D eigenvalue weighted by atomic mass is 35.5. The van der Waals surface area contributed by atoms with Crippen LogP contribution in [0.4, 0.5) is 5.69 Å². The molecule has 1 aromatic carbocycles. The van der Waals surface area contributed by atoms with E-state index in [1.165, 1.54) is 0 Å². The summed E-state index contributed by atoms with van der Waals surface area (Å²) in [6, 6.07) is 6.20. The van der Waals surface area contributed by atoms with E-state index >= 15 is 0 Å². The molecule has 1 aliphatic heterocycles. The van der Waals surface area contributed by atoms with Gasteiger partial charge in [0.2, 0.25) is 0 Å². The Morgan fingerprint density at radius 2 is 1.84 bits per heavy atom. The van der Waals surface area contributed by atoms with Crippen LogP contribution in [-0.2, 0) is 0 Å². The second-order valence-corrected chi connectivity index (χ2v) is 7.10. The molecular weight excluding hydrogens is 279 g/mol. The second-order valence-electron chi connectivity index (χ2n) is 6.25. The van der Waals surface area contributed by atoms with E-state index in [4.69, 9.17) is 23.2 Å². The maximum Gasteiger partial charge on any atom is 0.0654 e. The van der Waals surface area contributed by atoms with Crippen molar-refractivity contribution in [3.05, 3.63) is 28.2 Å². The lowest BCUT2D eigenvalue weighted by atomic mass is 10.0. The van der Waals surface area contributed by atoms with Crippen LogP contribution in [0.3, 0.4) is 0 Å². The summed E-state index contributed by atoms with van der Waals surface area (Å²) in [7, 11) is 0. The Kier molecular flexibility index (Phi) is 4.34. The van der Waals surface area contributed by atoms with Gasteiger partial charge in [-0.25, -0.2) is 0 Å². The Hall–Kier alpha value is -0.440. The van der Waals surface area contributed by atoms with Crippen LogP contribution in [0, 0.1) is 0 Å².